The lowest BCUT2D eigenvalue weighted by Gasteiger charge is -2.26. The maximum atomic E-state index is 15.3. The lowest BCUT2D eigenvalue weighted by Crippen LogP contribution is -2.37. The number of hydrogen-bond donors (Lipinski definition) is 1. The van der Waals surface area contributed by atoms with Gasteiger partial charge in [0.15, 0.2) is 23.1 Å². The number of amides is 1. The molecule has 1 fully saturated rings. The van der Waals surface area contributed by atoms with Crippen LogP contribution in [0.2, 0.25) is 0 Å². The molecular weight excluding hydrogens is 613 g/mol. The third-order valence-corrected chi connectivity index (χ3v) is 8.66. The van der Waals surface area contributed by atoms with Gasteiger partial charge in [-0.2, -0.15) is 0 Å². The van der Waals surface area contributed by atoms with Gasteiger partial charge in [-0.15, -0.1) is 11.3 Å². The molecule has 2 aromatic carbocycles. The van der Waals surface area contributed by atoms with Gasteiger partial charge in [-0.3, -0.25) is 23.8 Å². The molecule has 0 aliphatic carbocycles. The van der Waals surface area contributed by atoms with Crippen molar-refractivity contribution in [3.05, 3.63) is 87.8 Å². The molecule has 240 valence electrons. The first kappa shape index (κ1) is 31.3. The summed E-state index contributed by atoms with van der Waals surface area (Å²) < 4.78 is 41.1. The number of thiophene rings is 1. The number of nitrogens with one attached hydrogen (secondary N) is 1. The zero-order chi connectivity index (χ0) is 32.2. The molecule has 6 rings (SSSR count). The predicted octanol–water partition coefficient (Wildman–Crippen LogP) is 5.39. The standard InChI is InChI=1S/C33H34FN5O6S/c1-21-31(37(2)33(41)39(21)30-6-4-17-46-30)32(40)36-22-7-8-27(24(34)18-22)45-26-9-10-35-25-20-29(28(42-3)19-23(25)26)44-14-5-11-38-12-15-43-16-13-38/h4,6-10,17-20H,5,11-16H2,1-3H3,(H,36,40). The van der Waals surface area contributed by atoms with Crippen LogP contribution in [0.25, 0.3) is 15.9 Å². The zero-order valence-electron chi connectivity index (χ0n) is 25.7. The first-order valence-electron chi connectivity index (χ1n) is 14.8. The third kappa shape index (κ3) is 6.48. The fourth-order valence-corrected chi connectivity index (χ4v) is 6.24. The number of anilines is 1. The Balaban J connectivity index is 1.16. The van der Waals surface area contributed by atoms with E-state index in [2.05, 4.69) is 15.2 Å². The van der Waals surface area contributed by atoms with Crippen LogP contribution in [-0.4, -0.2) is 71.5 Å². The van der Waals surface area contributed by atoms with Crippen LogP contribution in [0, 0.1) is 12.7 Å². The maximum absolute atomic E-state index is 15.3. The second-order valence-electron chi connectivity index (χ2n) is 10.7. The number of ether oxygens (including phenoxy) is 4. The van der Waals surface area contributed by atoms with E-state index < -0.39 is 11.7 Å². The molecule has 1 N–H and O–H groups in total. The van der Waals surface area contributed by atoms with Gasteiger partial charge in [-0.05, 0) is 55.1 Å². The van der Waals surface area contributed by atoms with E-state index in [4.69, 9.17) is 18.9 Å². The number of pyridine rings is 1. The van der Waals surface area contributed by atoms with Gasteiger partial charge >= 0.3 is 5.69 Å². The average molecular weight is 648 g/mol. The van der Waals surface area contributed by atoms with Crippen LogP contribution in [0.1, 0.15) is 22.6 Å². The van der Waals surface area contributed by atoms with E-state index in [1.807, 2.05) is 11.4 Å². The topological polar surface area (TPSA) is 109 Å². The first-order chi connectivity index (χ1) is 22.3. The van der Waals surface area contributed by atoms with Gasteiger partial charge in [0, 0.05) is 56.1 Å². The van der Waals surface area contributed by atoms with Crippen molar-refractivity contribution >= 4 is 33.8 Å². The molecule has 1 aliphatic heterocycles. The van der Waals surface area contributed by atoms with Crippen LogP contribution in [0.5, 0.6) is 23.0 Å². The molecule has 0 spiro atoms. The number of morpholine rings is 1. The second kappa shape index (κ2) is 13.7. The summed E-state index contributed by atoms with van der Waals surface area (Å²) in [6.45, 7) is 6.51. The van der Waals surface area contributed by atoms with Crippen molar-refractivity contribution in [1.29, 1.82) is 0 Å². The summed E-state index contributed by atoms with van der Waals surface area (Å²) in [4.78, 5) is 32.9. The van der Waals surface area contributed by atoms with E-state index >= 15 is 4.39 Å². The predicted molar refractivity (Wildman–Crippen MR) is 174 cm³/mol. The molecule has 0 saturated carbocycles. The van der Waals surface area contributed by atoms with Crippen LogP contribution in [0.3, 0.4) is 0 Å². The maximum Gasteiger partial charge on any atom is 0.333 e. The number of halogens is 1. The van der Waals surface area contributed by atoms with Crippen molar-refractivity contribution in [1.82, 2.24) is 19.0 Å². The van der Waals surface area contributed by atoms with E-state index in [0.717, 1.165) is 39.3 Å². The fourth-order valence-electron chi connectivity index (χ4n) is 5.47. The minimum absolute atomic E-state index is 0.0414. The minimum Gasteiger partial charge on any atom is -0.493 e. The van der Waals surface area contributed by atoms with Crippen molar-refractivity contribution in [2.75, 3.05) is 51.9 Å². The number of methoxy groups -OCH3 is 1. The molecule has 13 heteroatoms. The second-order valence-corrected chi connectivity index (χ2v) is 11.7. The van der Waals surface area contributed by atoms with Crippen molar-refractivity contribution in [3.8, 4) is 28.0 Å². The quantitative estimate of drug-likeness (QED) is 0.190. The summed E-state index contributed by atoms with van der Waals surface area (Å²) >= 11 is 1.39. The smallest absolute Gasteiger partial charge is 0.333 e. The highest BCUT2D eigenvalue weighted by atomic mass is 32.1. The summed E-state index contributed by atoms with van der Waals surface area (Å²) in [5.74, 6) is 0.182. The Bertz CT molecular complexity index is 1920. The van der Waals surface area contributed by atoms with Gasteiger partial charge in [0.25, 0.3) is 5.91 Å². The monoisotopic (exact) mass is 647 g/mol. The molecule has 1 amide bonds. The number of fused-ring (bicyclic) bond motifs is 1. The van der Waals surface area contributed by atoms with Gasteiger partial charge in [-0.25, -0.2) is 9.18 Å². The molecule has 0 unspecified atom stereocenters. The van der Waals surface area contributed by atoms with Crippen LogP contribution in [0.4, 0.5) is 10.1 Å². The highest BCUT2D eigenvalue weighted by molar-refractivity contribution is 7.12. The van der Waals surface area contributed by atoms with E-state index in [9.17, 15) is 9.59 Å². The Morgan fingerprint density at radius 1 is 1.09 bits per heavy atom. The minimum atomic E-state index is -0.684. The number of rotatable bonds is 11. The van der Waals surface area contributed by atoms with E-state index in [-0.39, 0.29) is 22.8 Å². The van der Waals surface area contributed by atoms with Crippen LogP contribution in [-0.2, 0) is 11.8 Å². The Morgan fingerprint density at radius 3 is 2.65 bits per heavy atom. The lowest BCUT2D eigenvalue weighted by molar-refractivity contribution is 0.0357. The number of nitrogens with zero attached hydrogens (tertiary/aromatic N) is 4. The largest absolute Gasteiger partial charge is 0.493 e. The Kier molecular flexibility index (Phi) is 9.33. The number of carbonyl (C=O) groups excluding carboxylic acids is 1. The number of benzene rings is 2. The molecule has 1 saturated heterocycles. The Hall–Kier alpha value is -4.72. The molecule has 3 aromatic heterocycles. The van der Waals surface area contributed by atoms with Crippen LogP contribution in [0.15, 0.2) is 64.9 Å². The molecule has 4 heterocycles. The number of imidazole rings is 1. The Morgan fingerprint density at radius 2 is 1.91 bits per heavy atom. The fraction of sp³-hybridized carbons (Fsp3) is 0.303. The summed E-state index contributed by atoms with van der Waals surface area (Å²) in [5, 5.41) is 5.87. The van der Waals surface area contributed by atoms with Crippen molar-refractivity contribution in [3.63, 3.8) is 0 Å². The van der Waals surface area contributed by atoms with Gasteiger partial charge in [0.2, 0.25) is 0 Å². The third-order valence-electron chi connectivity index (χ3n) is 7.81. The average Bonchev–Trinajstić information content (AvgIpc) is 3.66. The van der Waals surface area contributed by atoms with Crippen LogP contribution >= 0.6 is 11.3 Å². The van der Waals surface area contributed by atoms with E-state index in [0.29, 0.717) is 45.5 Å². The van der Waals surface area contributed by atoms with Crippen molar-refractivity contribution < 1.29 is 28.1 Å². The molecule has 5 aromatic rings. The molecular formula is C33H34FN5O6S. The SMILES string of the molecule is COc1cc2c(Oc3ccc(NC(=O)c4c(C)n(-c5cccs5)c(=O)n4C)cc3F)ccnc2cc1OCCCN1CCOCC1. The highest BCUT2D eigenvalue weighted by Crippen LogP contribution is 2.38. The first-order valence-corrected chi connectivity index (χ1v) is 15.7. The van der Waals surface area contributed by atoms with E-state index in [1.165, 1.54) is 45.7 Å². The van der Waals surface area contributed by atoms with Crippen LogP contribution < -0.4 is 25.2 Å². The van der Waals surface area contributed by atoms with Gasteiger partial charge in [0.1, 0.15) is 16.4 Å². The molecule has 0 radical (unpaired) electrons. The molecule has 1 aliphatic rings. The number of aromatic nitrogens is 3. The Labute approximate surface area is 268 Å². The highest BCUT2D eigenvalue weighted by Gasteiger charge is 2.23. The van der Waals surface area contributed by atoms with Gasteiger partial charge in [-0.1, -0.05) is 0 Å². The lowest BCUT2D eigenvalue weighted by atomic mass is 10.1. The van der Waals surface area contributed by atoms with Crippen molar-refractivity contribution in [2.45, 2.75) is 13.3 Å². The molecule has 46 heavy (non-hydrogen) atoms. The molecule has 11 nitrogen and oxygen atoms in total. The zero-order valence-corrected chi connectivity index (χ0v) is 26.6. The van der Waals surface area contributed by atoms with Crippen molar-refractivity contribution in [2.24, 2.45) is 7.05 Å². The summed E-state index contributed by atoms with van der Waals surface area (Å²) in [6.07, 6.45) is 2.43. The summed E-state index contributed by atoms with van der Waals surface area (Å²) in [5.41, 5.74) is 1.12. The molecule has 0 bridgehead atoms. The normalized spacial score (nSPS) is 13.6. The summed E-state index contributed by atoms with van der Waals surface area (Å²) in [6, 6.07) is 13.0. The van der Waals surface area contributed by atoms with Gasteiger partial charge in [0.05, 0.1) is 38.1 Å². The molecule has 0 atom stereocenters. The number of hydrogen-bond acceptors (Lipinski definition) is 9. The number of carbonyl (C=O) groups is 1. The van der Waals surface area contributed by atoms with E-state index in [1.54, 1.807) is 44.5 Å². The van der Waals surface area contributed by atoms with Gasteiger partial charge < -0.3 is 24.3 Å². The summed E-state index contributed by atoms with van der Waals surface area (Å²) in [7, 11) is 3.09.